The molecule has 0 saturated carbocycles. The van der Waals surface area contributed by atoms with E-state index < -0.39 is 15.9 Å². The minimum Gasteiger partial charge on any atom is -0.373 e. The van der Waals surface area contributed by atoms with E-state index >= 15 is 0 Å². The number of carbonyl (C=O) groups is 1. The number of nitrogens with zero attached hydrogens (tertiary/aromatic N) is 1. The lowest BCUT2D eigenvalue weighted by atomic mass is 10.2. The third-order valence-electron chi connectivity index (χ3n) is 4.37. The molecule has 0 aromatic heterocycles. The Morgan fingerprint density at radius 1 is 1.03 bits per heavy atom. The third kappa shape index (κ3) is 5.05. The molecule has 2 aromatic carbocycles. The van der Waals surface area contributed by atoms with Crippen molar-refractivity contribution in [1.82, 2.24) is 4.31 Å². The minimum atomic E-state index is -3.91. The Balaban J connectivity index is 1.91. The number of carbonyl (C=O) groups excluding carboxylic acids is 1. The van der Waals surface area contributed by atoms with Gasteiger partial charge >= 0.3 is 0 Å². The summed E-state index contributed by atoms with van der Waals surface area (Å²) in [5, 5.41) is 3.38. The SMILES string of the molecule is CC1CN(S(=O)(=O)c2cc(C(=O)Nc3cc(Cl)ccc3Cl)ccc2Cl)CC(C)O1. The van der Waals surface area contributed by atoms with E-state index in [1.165, 1.54) is 28.6 Å². The molecule has 1 aliphatic heterocycles. The molecule has 0 radical (unpaired) electrons. The zero-order chi connectivity index (χ0) is 21.3. The molecular formula is C19H19Cl3N2O4S. The van der Waals surface area contributed by atoms with Gasteiger partial charge in [0.15, 0.2) is 0 Å². The number of anilines is 1. The molecule has 29 heavy (non-hydrogen) atoms. The Morgan fingerprint density at radius 3 is 2.31 bits per heavy atom. The molecule has 0 aliphatic carbocycles. The van der Waals surface area contributed by atoms with Crippen LogP contribution in [0.15, 0.2) is 41.3 Å². The zero-order valence-electron chi connectivity index (χ0n) is 15.7. The first-order chi connectivity index (χ1) is 13.6. The topological polar surface area (TPSA) is 75.7 Å². The van der Waals surface area contributed by atoms with Crippen LogP contribution in [-0.4, -0.2) is 43.9 Å². The van der Waals surface area contributed by atoms with Crippen molar-refractivity contribution in [3.63, 3.8) is 0 Å². The molecule has 3 rings (SSSR count). The van der Waals surface area contributed by atoms with E-state index in [9.17, 15) is 13.2 Å². The predicted octanol–water partition coefficient (Wildman–Crippen LogP) is 4.70. The quantitative estimate of drug-likeness (QED) is 0.693. The Kier molecular flexibility index (Phi) is 6.77. The molecule has 2 unspecified atom stereocenters. The monoisotopic (exact) mass is 476 g/mol. The standard InChI is InChI=1S/C19H19Cl3N2O4S/c1-11-9-24(10-12(2)28-11)29(26,27)18-7-13(3-5-16(18)22)19(25)23-17-8-14(20)4-6-15(17)21/h3-8,11-12H,9-10H2,1-2H3,(H,23,25). The van der Waals surface area contributed by atoms with Crippen LogP contribution in [0.3, 0.4) is 0 Å². The first kappa shape index (κ1) is 22.3. The van der Waals surface area contributed by atoms with Gasteiger partial charge < -0.3 is 10.1 Å². The van der Waals surface area contributed by atoms with Crippen LogP contribution < -0.4 is 5.32 Å². The average Bonchev–Trinajstić information content (AvgIpc) is 2.64. The number of amides is 1. The van der Waals surface area contributed by atoms with Crippen molar-refractivity contribution >= 4 is 56.4 Å². The number of rotatable bonds is 4. The fourth-order valence-electron chi connectivity index (χ4n) is 3.10. The van der Waals surface area contributed by atoms with Crippen molar-refractivity contribution in [1.29, 1.82) is 0 Å². The maximum Gasteiger partial charge on any atom is 0.255 e. The zero-order valence-corrected chi connectivity index (χ0v) is 18.7. The highest BCUT2D eigenvalue weighted by Crippen LogP contribution is 2.29. The van der Waals surface area contributed by atoms with E-state index in [4.69, 9.17) is 39.5 Å². The Bertz CT molecular complexity index is 1040. The highest BCUT2D eigenvalue weighted by molar-refractivity contribution is 7.89. The van der Waals surface area contributed by atoms with Crippen LogP contribution >= 0.6 is 34.8 Å². The number of halogens is 3. The molecule has 1 aliphatic rings. The summed E-state index contributed by atoms with van der Waals surface area (Å²) in [6.45, 7) is 4.02. The van der Waals surface area contributed by atoms with Gasteiger partial charge in [0.25, 0.3) is 5.91 Å². The summed E-state index contributed by atoms with van der Waals surface area (Å²) in [6, 6.07) is 8.74. The molecule has 1 heterocycles. The Morgan fingerprint density at radius 2 is 1.66 bits per heavy atom. The summed E-state index contributed by atoms with van der Waals surface area (Å²) in [5.41, 5.74) is 0.442. The van der Waals surface area contributed by atoms with E-state index in [0.717, 1.165) is 0 Å². The number of hydrogen-bond acceptors (Lipinski definition) is 4. The molecular weight excluding hydrogens is 459 g/mol. The number of benzene rings is 2. The summed E-state index contributed by atoms with van der Waals surface area (Å²) in [5.74, 6) is -0.536. The van der Waals surface area contributed by atoms with E-state index in [0.29, 0.717) is 15.7 Å². The maximum absolute atomic E-state index is 13.1. The van der Waals surface area contributed by atoms with Gasteiger partial charge in [0.1, 0.15) is 4.90 Å². The van der Waals surface area contributed by atoms with Crippen molar-refractivity contribution < 1.29 is 17.9 Å². The van der Waals surface area contributed by atoms with Crippen LogP contribution in [0, 0.1) is 0 Å². The normalized spacial score (nSPS) is 20.4. The van der Waals surface area contributed by atoms with Crippen LogP contribution in [0.5, 0.6) is 0 Å². The van der Waals surface area contributed by atoms with Gasteiger partial charge in [-0.3, -0.25) is 4.79 Å². The lowest BCUT2D eigenvalue weighted by molar-refractivity contribution is -0.0440. The van der Waals surface area contributed by atoms with Crippen LogP contribution in [0.25, 0.3) is 0 Å². The first-order valence-electron chi connectivity index (χ1n) is 8.79. The van der Waals surface area contributed by atoms with Crippen LogP contribution in [0.2, 0.25) is 15.1 Å². The van der Waals surface area contributed by atoms with Gasteiger partial charge in [-0.15, -0.1) is 0 Å². The average molecular weight is 478 g/mol. The molecule has 10 heteroatoms. The van der Waals surface area contributed by atoms with E-state index in [1.807, 2.05) is 0 Å². The van der Waals surface area contributed by atoms with E-state index in [1.54, 1.807) is 26.0 Å². The van der Waals surface area contributed by atoms with Gasteiger partial charge in [0, 0.05) is 23.7 Å². The Labute approximate surface area is 184 Å². The summed E-state index contributed by atoms with van der Waals surface area (Å²) < 4.78 is 33.2. The van der Waals surface area contributed by atoms with Gasteiger partial charge in [0.2, 0.25) is 10.0 Å². The molecule has 1 amide bonds. The van der Waals surface area contributed by atoms with Gasteiger partial charge in [-0.2, -0.15) is 4.31 Å². The van der Waals surface area contributed by atoms with Gasteiger partial charge in [-0.25, -0.2) is 8.42 Å². The van der Waals surface area contributed by atoms with Gasteiger partial charge in [-0.05, 0) is 50.2 Å². The Hall–Kier alpha value is -1.35. The van der Waals surface area contributed by atoms with Crippen LogP contribution in [0.4, 0.5) is 5.69 Å². The van der Waals surface area contributed by atoms with E-state index in [2.05, 4.69) is 5.32 Å². The molecule has 1 N–H and O–H groups in total. The molecule has 0 spiro atoms. The van der Waals surface area contributed by atoms with E-state index in [-0.39, 0.29) is 40.8 Å². The highest BCUT2D eigenvalue weighted by Gasteiger charge is 2.33. The number of sulfonamides is 1. The molecule has 2 aromatic rings. The summed E-state index contributed by atoms with van der Waals surface area (Å²) in [7, 11) is -3.91. The lowest BCUT2D eigenvalue weighted by Gasteiger charge is -2.34. The molecule has 0 bridgehead atoms. The van der Waals surface area contributed by atoms with Crippen molar-refractivity contribution in [2.45, 2.75) is 31.0 Å². The first-order valence-corrected chi connectivity index (χ1v) is 11.4. The number of hydrogen-bond donors (Lipinski definition) is 1. The minimum absolute atomic E-state index is 0.0362. The smallest absolute Gasteiger partial charge is 0.255 e. The predicted molar refractivity (Wildman–Crippen MR) is 115 cm³/mol. The lowest BCUT2D eigenvalue weighted by Crippen LogP contribution is -2.48. The second kappa shape index (κ2) is 8.79. The summed E-state index contributed by atoms with van der Waals surface area (Å²) in [6.07, 6.45) is -0.493. The summed E-state index contributed by atoms with van der Waals surface area (Å²) >= 11 is 18.2. The maximum atomic E-state index is 13.1. The molecule has 1 fully saturated rings. The highest BCUT2D eigenvalue weighted by atomic mass is 35.5. The second-order valence-corrected chi connectivity index (χ2v) is 9.96. The third-order valence-corrected chi connectivity index (χ3v) is 7.25. The number of morpholine rings is 1. The molecule has 1 saturated heterocycles. The van der Waals surface area contributed by atoms with Crippen LogP contribution in [0.1, 0.15) is 24.2 Å². The number of nitrogens with one attached hydrogen (secondary N) is 1. The number of ether oxygens (including phenoxy) is 1. The molecule has 156 valence electrons. The molecule has 6 nitrogen and oxygen atoms in total. The fourth-order valence-corrected chi connectivity index (χ4v) is 5.52. The molecule has 2 atom stereocenters. The van der Waals surface area contributed by atoms with Crippen molar-refractivity contribution in [2.75, 3.05) is 18.4 Å². The second-order valence-electron chi connectivity index (χ2n) is 6.80. The van der Waals surface area contributed by atoms with Gasteiger partial charge in [-0.1, -0.05) is 34.8 Å². The largest absolute Gasteiger partial charge is 0.373 e. The fraction of sp³-hybridized carbons (Fsp3) is 0.316. The van der Waals surface area contributed by atoms with Crippen LogP contribution in [-0.2, 0) is 14.8 Å². The van der Waals surface area contributed by atoms with Gasteiger partial charge in [0.05, 0.1) is 27.9 Å². The summed E-state index contributed by atoms with van der Waals surface area (Å²) in [4.78, 5) is 12.5. The van der Waals surface area contributed by atoms with Crippen molar-refractivity contribution in [2.24, 2.45) is 0 Å². The van der Waals surface area contributed by atoms with Crippen molar-refractivity contribution in [3.8, 4) is 0 Å². The van der Waals surface area contributed by atoms with Crippen molar-refractivity contribution in [3.05, 3.63) is 57.0 Å².